The van der Waals surface area contributed by atoms with Gasteiger partial charge >= 0.3 is 0 Å². The average molecular weight is 490 g/mol. The Morgan fingerprint density at radius 2 is 1.92 bits per heavy atom. The molecule has 0 unspecified atom stereocenters. The molecule has 2 N–H and O–H groups in total. The molecule has 0 aromatic heterocycles. The fourth-order valence-corrected chi connectivity index (χ4v) is 4.04. The van der Waals surface area contributed by atoms with E-state index in [1.54, 1.807) is 24.3 Å². The Labute approximate surface area is 165 Å². The van der Waals surface area contributed by atoms with Crippen LogP contribution >= 0.6 is 43.5 Å². The van der Waals surface area contributed by atoms with Gasteiger partial charge in [0.05, 0.1) is 18.4 Å². The standard InChI is InChI=1S/C16H12Br2ClN3O3/c17-11-4-10(19)5-12(18)16(11)20-7-15(23)22-21-6-9-1-2-13-14(3-9)25-8-24-13/h1-6,20H,7-8H2,(H,22,23)/b21-6+. The van der Waals surface area contributed by atoms with Crippen molar-refractivity contribution in [3.8, 4) is 11.5 Å². The lowest BCUT2D eigenvalue weighted by Gasteiger charge is -2.10. The average Bonchev–Trinajstić information content (AvgIpc) is 3.01. The van der Waals surface area contributed by atoms with Gasteiger partial charge in [-0.1, -0.05) is 11.6 Å². The van der Waals surface area contributed by atoms with E-state index in [-0.39, 0.29) is 19.2 Å². The minimum Gasteiger partial charge on any atom is -0.454 e. The van der Waals surface area contributed by atoms with Crippen molar-refractivity contribution in [2.75, 3.05) is 18.7 Å². The van der Waals surface area contributed by atoms with Crippen molar-refractivity contribution >= 4 is 61.3 Å². The Balaban J connectivity index is 1.53. The highest BCUT2D eigenvalue weighted by Gasteiger charge is 2.12. The van der Waals surface area contributed by atoms with Gasteiger partial charge in [-0.3, -0.25) is 4.79 Å². The summed E-state index contributed by atoms with van der Waals surface area (Å²) in [5.74, 6) is 1.07. The van der Waals surface area contributed by atoms with Crippen molar-refractivity contribution in [3.05, 3.63) is 49.9 Å². The van der Waals surface area contributed by atoms with Crippen molar-refractivity contribution in [2.24, 2.45) is 5.10 Å². The Morgan fingerprint density at radius 1 is 1.20 bits per heavy atom. The molecule has 0 spiro atoms. The molecule has 0 fully saturated rings. The molecule has 1 aliphatic rings. The molecule has 1 heterocycles. The van der Waals surface area contributed by atoms with Gasteiger partial charge in [0, 0.05) is 14.0 Å². The van der Waals surface area contributed by atoms with Crippen LogP contribution in [0.5, 0.6) is 11.5 Å². The highest BCUT2D eigenvalue weighted by atomic mass is 79.9. The summed E-state index contributed by atoms with van der Waals surface area (Å²) in [6, 6.07) is 8.89. The number of halogens is 3. The molecule has 25 heavy (non-hydrogen) atoms. The minimum absolute atomic E-state index is 0.0529. The number of nitrogens with zero attached hydrogens (tertiary/aromatic N) is 1. The third kappa shape index (κ3) is 4.65. The monoisotopic (exact) mass is 487 g/mol. The molecule has 2 aromatic carbocycles. The van der Waals surface area contributed by atoms with Crippen molar-refractivity contribution in [1.29, 1.82) is 0 Å². The number of hydrazone groups is 1. The third-order valence-corrected chi connectivity index (χ3v) is 4.70. The number of nitrogens with one attached hydrogen (secondary N) is 2. The van der Waals surface area contributed by atoms with E-state index in [4.69, 9.17) is 21.1 Å². The molecule has 1 aliphatic heterocycles. The number of rotatable bonds is 5. The molecule has 0 atom stereocenters. The zero-order valence-corrected chi connectivity index (χ0v) is 16.6. The van der Waals surface area contributed by atoms with E-state index < -0.39 is 0 Å². The molecule has 3 rings (SSSR count). The normalized spacial score (nSPS) is 12.4. The summed E-state index contributed by atoms with van der Waals surface area (Å²) in [6.45, 7) is 0.269. The highest BCUT2D eigenvalue weighted by molar-refractivity contribution is 9.11. The van der Waals surface area contributed by atoms with Crippen LogP contribution in [-0.2, 0) is 4.79 Å². The maximum Gasteiger partial charge on any atom is 0.259 e. The van der Waals surface area contributed by atoms with Crippen LogP contribution in [0.4, 0.5) is 5.69 Å². The summed E-state index contributed by atoms with van der Waals surface area (Å²) in [7, 11) is 0. The number of anilines is 1. The van der Waals surface area contributed by atoms with E-state index in [0.29, 0.717) is 16.5 Å². The zero-order chi connectivity index (χ0) is 17.8. The molecule has 0 bridgehead atoms. The van der Waals surface area contributed by atoms with Crippen LogP contribution in [0.1, 0.15) is 5.56 Å². The second-order valence-corrected chi connectivity index (χ2v) is 7.15. The predicted molar refractivity (Wildman–Crippen MR) is 104 cm³/mol. The maximum absolute atomic E-state index is 11.9. The van der Waals surface area contributed by atoms with E-state index in [1.807, 2.05) is 6.07 Å². The lowest BCUT2D eigenvalue weighted by Crippen LogP contribution is -2.26. The Kier molecular flexibility index (Phi) is 5.82. The first-order valence-electron chi connectivity index (χ1n) is 7.13. The molecule has 6 nitrogen and oxygen atoms in total. The quantitative estimate of drug-likeness (QED) is 0.489. The molecular formula is C16H12Br2ClN3O3. The number of amides is 1. The van der Waals surface area contributed by atoms with Gasteiger partial charge < -0.3 is 14.8 Å². The van der Waals surface area contributed by atoms with Gasteiger partial charge in [0.1, 0.15) is 0 Å². The van der Waals surface area contributed by atoms with Crippen molar-refractivity contribution in [1.82, 2.24) is 5.43 Å². The van der Waals surface area contributed by atoms with Crippen LogP contribution in [0, 0.1) is 0 Å². The van der Waals surface area contributed by atoms with Crippen LogP contribution in [0.2, 0.25) is 5.02 Å². The Hall–Kier alpha value is -1.77. The molecule has 0 aliphatic carbocycles. The van der Waals surface area contributed by atoms with Gasteiger partial charge in [-0.2, -0.15) is 5.10 Å². The van der Waals surface area contributed by atoms with Crippen molar-refractivity contribution in [2.45, 2.75) is 0 Å². The number of carbonyl (C=O) groups is 1. The predicted octanol–water partition coefficient (Wildman–Crippen LogP) is 4.16. The topological polar surface area (TPSA) is 72.0 Å². The van der Waals surface area contributed by atoms with Gasteiger partial charge in [-0.25, -0.2) is 5.43 Å². The van der Waals surface area contributed by atoms with Crippen LogP contribution in [0.15, 0.2) is 44.4 Å². The Morgan fingerprint density at radius 3 is 2.68 bits per heavy atom. The third-order valence-electron chi connectivity index (χ3n) is 3.23. The molecule has 0 radical (unpaired) electrons. The minimum atomic E-state index is -0.286. The summed E-state index contributed by atoms with van der Waals surface area (Å²) in [4.78, 5) is 11.9. The molecular weight excluding hydrogens is 477 g/mol. The molecule has 1 amide bonds. The smallest absolute Gasteiger partial charge is 0.259 e. The van der Waals surface area contributed by atoms with Crippen LogP contribution in [-0.4, -0.2) is 25.5 Å². The second-order valence-electron chi connectivity index (χ2n) is 5.00. The number of ether oxygens (including phenoxy) is 2. The zero-order valence-electron chi connectivity index (χ0n) is 12.7. The highest BCUT2D eigenvalue weighted by Crippen LogP contribution is 2.34. The largest absolute Gasteiger partial charge is 0.454 e. The number of benzene rings is 2. The second kappa shape index (κ2) is 8.07. The van der Waals surface area contributed by atoms with Crippen molar-refractivity contribution in [3.63, 3.8) is 0 Å². The van der Waals surface area contributed by atoms with E-state index in [0.717, 1.165) is 20.2 Å². The SMILES string of the molecule is O=C(CNc1c(Br)cc(Cl)cc1Br)N/N=C/c1ccc2c(c1)OCO2. The fraction of sp³-hybridized carbons (Fsp3) is 0.125. The van der Waals surface area contributed by atoms with Gasteiger partial charge in [0.2, 0.25) is 6.79 Å². The molecule has 9 heteroatoms. The summed E-state index contributed by atoms with van der Waals surface area (Å²) < 4.78 is 12.0. The summed E-state index contributed by atoms with van der Waals surface area (Å²) in [5.41, 5.74) is 3.99. The molecule has 0 saturated heterocycles. The van der Waals surface area contributed by atoms with Crippen LogP contribution in [0.25, 0.3) is 0 Å². The number of carbonyl (C=O) groups excluding carboxylic acids is 1. The van der Waals surface area contributed by atoms with E-state index >= 15 is 0 Å². The first kappa shape index (κ1) is 18.0. The van der Waals surface area contributed by atoms with Gasteiger partial charge in [0.15, 0.2) is 11.5 Å². The molecule has 2 aromatic rings. The van der Waals surface area contributed by atoms with Crippen LogP contribution in [0.3, 0.4) is 0 Å². The first-order valence-corrected chi connectivity index (χ1v) is 9.09. The molecule has 130 valence electrons. The lowest BCUT2D eigenvalue weighted by molar-refractivity contribution is -0.119. The number of hydrogen-bond donors (Lipinski definition) is 2. The van der Waals surface area contributed by atoms with Crippen molar-refractivity contribution < 1.29 is 14.3 Å². The van der Waals surface area contributed by atoms with Gasteiger partial charge in [0.25, 0.3) is 5.91 Å². The van der Waals surface area contributed by atoms with Gasteiger partial charge in [-0.15, -0.1) is 0 Å². The Bertz CT molecular complexity index is 822. The molecule has 0 saturated carbocycles. The van der Waals surface area contributed by atoms with E-state index in [1.165, 1.54) is 6.21 Å². The van der Waals surface area contributed by atoms with Gasteiger partial charge in [-0.05, 0) is 67.8 Å². The number of hydrogen-bond acceptors (Lipinski definition) is 5. The summed E-state index contributed by atoms with van der Waals surface area (Å²) in [5, 5.41) is 7.53. The first-order chi connectivity index (χ1) is 12.0. The number of fused-ring (bicyclic) bond motifs is 1. The maximum atomic E-state index is 11.9. The fourth-order valence-electron chi connectivity index (χ4n) is 2.09. The summed E-state index contributed by atoms with van der Waals surface area (Å²) >= 11 is 12.7. The van der Waals surface area contributed by atoms with E-state index in [9.17, 15) is 4.79 Å². The van der Waals surface area contributed by atoms with Crippen LogP contribution < -0.4 is 20.2 Å². The lowest BCUT2D eigenvalue weighted by atomic mass is 10.2. The summed E-state index contributed by atoms with van der Waals surface area (Å²) in [6.07, 6.45) is 1.54. The van der Waals surface area contributed by atoms with E-state index in [2.05, 4.69) is 47.7 Å².